The van der Waals surface area contributed by atoms with Gasteiger partial charge in [-0.15, -0.1) is 5.10 Å². The molecule has 2 heterocycles. The van der Waals surface area contributed by atoms with Crippen molar-refractivity contribution in [2.45, 2.75) is 24.5 Å². The number of sulfonamides is 1. The Kier molecular flexibility index (Phi) is 4.62. The molecule has 2 fully saturated rings. The zero-order valence-electron chi connectivity index (χ0n) is 14.4. The average molecular weight is 376 g/mol. The van der Waals surface area contributed by atoms with Crippen LogP contribution in [0.25, 0.3) is 0 Å². The van der Waals surface area contributed by atoms with E-state index in [2.05, 4.69) is 10.2 Å². The molecule has 0 unspecified atom stereocenters. The molecular formula is C18H21FN4O2S. The summed E-state index contributed by atoms with van der Waals surface area (Å²) in [5.74, 6) is 0.549. The molecule has 2 aliphatic rings. The number of rotatable bonds is 5. The standard InChI is InChI=1S/C18H21FN4O2S/c19-16-4-2-1-3-15(16)13-26(24,25)23-11-9-22(10-12-23)18-8-7-17(20-21-18)14-5-6-14/h1-4,7-8,14H,5-6,9-13H2. The lowest BCUT2D eigenvalue weighted by molar-refractivity contribution is 0.382. The Morgan fingerprint density at radius 1 is 1.00 bits per heavy atom. The molecule has 2 aromatic rings. The van der Waals surface area contributed by atoms with Gasteiger partial charge >= 0.3 is 0 Å². The number of piperazine rings is 1. The normalized spacial score (nSPS) is 18.9. The highest BCUT2D eigenvalue weighted by Gasteiger charge is 2.29. The van der Waals surface area contributed by atoms with E-state index in [9.17, 15) is 12.8 Å². The molecule has 0 bridgehead atoms. The van der Waals surface area contributed by atoms with Gasteiger partial charge in [-0.05, 0) is 31.0 Å². The first kappa shape index (κ1) is 17.4. The fourth-order valence-electron chi connectivity index (χ4n) is 3.20. The maximum Gasteiger partial charge on any atom is 0.218 e. The van der Waals surface area contributed by atoms with E-state index in [1.54, 1.807) is 12.1 Å². The fourth-order valence-corrected chi connectivity index (χ4v) is 4.73. The van der Waals surface area contributed by atoms with E-state index < -0.39 is 15.8 Å². The largest absolute Gasteiger partial charge is 0.352 e. The van der Waals surface area contributed by atoms with Crippen LogP contribution in [0.3, 0.4) is 0 Å². The summed E-state index contributed by atoms with van der Waals surface area (Å²) in [4.78, 5) is 2.04. The number of nitrogens with zero attached hydrogens (tertiary/aromatic N) is 4. The lowest BCUT2D eigenvalue weighted by Crippen LogP contribution is -2.49. The van der Waals surface area contributed by atoms with Crippen molar-refractivity contribution in [1.82, 2.24) is 14.5 Å². The van der Waals surface area contributed by atoms with Crippen LogP contribution < -0.4 is 4.90 Å². The van der Waals surface area contributed by atoms with Gasteiger partial charge in [0.05, 0.1) is 11.4 Å². The van der Waals surface area contributed by atoms with E-state index in [4.69, 9.17) is 0 Å². The van der Waals surface area contributed by atoms with Gasteiger partial charge in [-0.3, -0.25) is 0 Å². The molecule has 1 saturated carbocycles. The highest BCUT2D eigenvalue weighted by atomic mass is 32.2. The van der Waals surface area contributed by atoms with Crippen LogP contribution in [0.1, 0.15) is 30.0 Å². The molecule has 0 spiro atoms. The van der Waals surface area contributed by atoms with Crippen LogP contribution in [0.4, 0.5) is 10.2 Å². The number of halogens is 1. The van der Waals surface area contributed by atoms with Gasteiger partial charge in [0.2, 0.25) is 10.0 Å². The average Bonchev–Trinajstić information content (AvgIpc) is 3.49. The topological polar surface area (TPSA) is 66.4 Å². The predicted molar refractivity (Wildman–Crippen MR) is 96.8 cm³/mol. The molecule has 4 rings (SSSR count). The van der Waals surface area contributed by atoms with E-state index in [1.165, 1.54) is 29.3 Å². The van der Waals surface area contributed by atoms with Crippen LogP contribution in [0.2, 0.25) is 0 Å². The molecular weight excluding hydrogens is 355 g/mol. The van der Waals surface area contributed by atoms with Gasteiger partial charge in [-0.2, -0.15) is 9.40 Å². The van der Waals surface area contributed by atoms with Crippen LogP contribution >= 0.6 is 0 Å². The van der Waals surface area contributed by atoms with Crippen LogP contribution in [-0.2, 0) is 15.8 Å². The third-order valence-electron chi connectivity index (χ3n) is 4.92. The van der Waals surface area contributed by atoms with Crippen molar-refractivity contribution in [2.75, 3.05) is 31.1 Å². The molecule has 0 amide bonds. The van der Waals surface area contributed by atoms with Crippen molar-refractivity contribution < 1.29 is 12.8 Å². The first-order valence-electron chi connectivity index (χ1n) is 8.83. The molecule has 1 aliphatic carbocycles. The zero-order valence-corrected chi connectivity index (χ0v) is 15.2. The van der Waals surface area contributed by atoms with Gasteiger partial charge in [0.15, 0.2) is 5.82 Å². The number of hydrogen-bond acceptors (Lipinski definition) is 5. The van der Waals surface area contributed by atoms with Gasteiger partial charge in [0, 0.05) is 37.7 Å². The molecule has 1 saturated heterocycles. The summed E-state index contributed by atoms with van der Waals surface area (Å²) in [7, 11) is -3.54. The summed E-state index contributed by atoms with van der Waals surface area (Å²) in [5.41, 5.74) is 1.25. The Balaban J connectivity index is 1.38. The highest BCUT2D eigenvalue weighted by Crippen LogP contribution is 2.38. The lowest BCUT2D eigenvalue weighted by atomic mass is 10.2. The van der Waals surface area contributed by atoms with Gasteiger partial charge < -0.3 is 4.90 Å². The summed E-state index contributed by atoms with van der Waals surface area (Å²) in [6, 6.07) is 9.98. The molecule has 0 radical (unpaired) electrons. The minimum atomic E-state index is -3.54. The highest BCUT2D eigenvalue weighted by molar-refractivity contribution is 7.88. The van der Waals surface area contributed by atoms with Gasteiger partial charge in [-0.25, -0.2) is 12.8 Å². The molecule has 1 aromatic carbocycles. The Morgan fingerprint density at radius 2 is 1.73 bits per heavy atom. The molecule has 1 aliphatic heterocycles. The molecule has 6 nitrogen and oxygen atoms in total. The minimum absolute atomic E-state index is 0.205. The Hall–Kier alpha value is -2.06. The fraction of sp³-hybridized carbons (Fsp3) is 0.444. The minimum Gasteiger partial charge on any atom is -0.352 e. The summed E-state index contributed by atoms with van der Waals surface area (Å²) in [6.07, 6.45) is 2.37. The van der Waals surface area contributed by atoms with E-state index in [-0.39, 0.29) is 11.3 Å². The summed E-state index contributed by atoms with van der Waals surface area (Å²) < 4.78 is 40.4. The molecule has 1 aromatic heterocycles. The summed E-state index contributed by atoms with van der Waals surface area (Å²) >= 11 is 0. The van der Waals surface area contributed by atoms with Gasteiger partial charge in [-0.1, -0.05) is 18.2 Å². The number of benzene rings is 1. The van der Waals surface area contributed by atoms with E-state index in [1.807, 2.05) is 17.0 Å². The lowest BCUT2D eigenvalue weighted by Gasteiger charge is -2.34. The van der Waals surface area contributed by atoms with Crippen molar-refractivity contribution >= 4 is 15.8 Å². The first-order chi connectivity index (χ1) is 12.5. The van der Waals surface area contributed by atoms with E-state index in [0.717, 1.165) is 11.5 Å². The molecule has 26 heavy (non-hydrogen) atoms. The second kappa shape index (κ2) is 6.92. The number of hydrogen-bond donors (Lipinski definition) is 0. The first-order valence-corrected chi connectivity index (χ1v) is 10.4. The molecule has 138 valence electrons. The van der Waals surface area contributed by atoms with E-state index >= 15 is 0 Å². The van der Waals surface area contributed by atoms with Crippen molar-refractivity contribution in [2.24, 2.45) is 0 Å². The Morgan fingerprint density at radius 3 is 2.35 bits per heavy atom. The molecule has 8 heteroatoms. The Bertz CT molecular complexity index is 876. The molecule has 0 N–H and O–H groups in total. The quantitative estimate of drug-likeness (QED) is 0.800. The monoisotopic (exact) mass is 376 g/mol. The maximum absolute atomic E-state index is 13.8. The van der Waals surface area contributed by atoms with Crippen LogP contribution in [0.5, 0.6) is 0 Å². The van der Waals surface area contributed by atoms with Crippen molar-refractivity contribution in [3.05, 3.63) is 53.5 Å². The number of aromatic nitrogens is 2. The van der Waals surface area contributed by atoms with Crippen LogP contribution in [0, 0.1) is 5.82 Å². The summed E-state index contributed by atoms with van der Waals surface area (Å²) in [5, 5.41) is 8.57. The SMILES string of the molecule is O=S(=O)(Cc1ccccc1F)N1CCN(c2ccc(C3CC3)nn2)CC1. The third-order valence-corrected chi connectivity index (χ3v) is 6.75. The summed E-state index contributed by atoms with van der Waals surface area (Å²) in [6.45, 7) is 1.83. The predicted octanol–water partition coefficient (Wildman–Crippen LogP) is 2.15. The van der Waals surface area contributed by atoms with Gasteiger partial charge in [0.1, 0.15) is 5.82 Å². The van der Waals surface area contributed by atoms with Crippen molar-refractivity contribution in [3.8, 4) is 0 Å². The van der Waals surface area contributed by atoms with Crippen molar-refractivity contribution in [3.63, 3.8) is 0 Å². The van der Waals surface area contributed by atoms with Crippen LogP contribution in [0.15, 0.2) is 36.4 Å². The molecule has 0 atom stereocenters. The third kappa shape index (κ3) is 3.71. The van der Waals surface area contributed by atoms with Crippen molar-refractivity contribution in [1.29, 1.82) is 0 Å². The number of anilines is 1. The Labute approximate surface area is 152 Å². The second-order valence-corrected chi connectivity index (χ2v) is 8.79. The van der Waals surface area contributed by atoms with E-state index in [0.29, 0.717) is 32.1 Å². The maximum atomic E-state index is 13.8. The second-order valence-electron chi connectivity index (χ2n) is 6.82. The zero-order chi connectivity index (χ0) is 18.1. The smallest absolute Gasteiger partial charge is 0.218 e. The van der Waals surface area contributed by atoms with Gasteiger partial charge in [0.25, 0.3) is 0 Å². The van der Waals surface area contributed by atoms with Crippen LogP contribution in [-0.4, -0.2) is 49.1 Å².